The lowest BCUT2D eigenvalue weighted by Gasteiger charge is -2.19. The second-order valence-corrected chi connectivity index (χ2v) is 9.05. The van der Waals surface area contributed by atoms with E-state index in [1.165, 1.54) is 17.0 Å². The molecule has 0 radical (unpaired) electrons. The van der Waals surface area contributed by atoms with Crippen LogP contribution in [0.5, 0.6) is 0 Å². The predicted octanol–water partition coefficient (Wildman–Crippen LogP) is 4.97. The molecule has 1 fully saturated rings. The smallest absolute Gasteiger partial charge is 0.269 e. The van der Waals surface area contributed by atoms with E-state index in [2.05, 4.69) is 5.32 Å². The van der Waals surface area contributed by atoms with Crippen molar-refractivity contribution in [1.82, 2.24) is 0 Å². The maximum Gasteiger partial charge on any atom is 0.269 e. The topological polar surface area (TPSA) is 116 Å². The van der Waals surface area contributed by atoms with Crippen LogP contribution < -0.4 is 10.2 Å². The van der Waals surface area contributed by atoms with Gasteiger partial charge >= 0.3 is 0 Å². The number of thioether (sulfide) groups is 1. The molecule has 0 unspecified atom stereocenters. The molecule has 1 heterocycles. The van der Waals surface area contributed by atoms with E-state index in [0.717, 1.165) is 17.3 Å². The highest BCUT2D eigenvalue weighted by molar-refractivity contribution is 8.05. The third kappa shape index (κ3) is 5.23. The summed E-state index contributed by atoms with van der Waals surface area (Å²) in [7, 11) is 0. The molecule has 1 aliphatic rings. The van der Waals surface area contributed by atoms with Crippen molar-refractivity contribution in [2.45, 2.75) is 18.6 Å². The Morgan fingerprint density at radius 3 is 2.49 bits per heavy atom. The number of rotatable bonds is 6. The van der Waals surface area contributed by atoms with Crippen molar-refractivity contribution >= 4 is 40.6 Å². The molecule has 9 heteroatoms. The van der Waals surface area contributed by atoms with Gasteiger partial charge in [-0.25, -0.2) is 0 Å². The summed E-state index contributed by atoms with van der Waals surface area (Å²) < 4.78 is 0. The number of anilines is 2. The highest BCUT2D eigenvalue weighted by Crippen LogP contribution is 2.42. The minimum absolute atomic E-state index is 0.0657. The molecule has 1 saturated heterocycles. The molecule has 2 amide bonds. The number of carbonyl (C=O) groups is 2. The van der Waals surface area contributed by atoms with Gasteiger partial charge in [-0.1, -0.05) is 59.8 Å². The van der Waals surface area contributed by atoms with Gasteiger partial charge in [0.25, 0.3) is 11.6 Å². The summed E-state index contributed by atoms with van der Waals surface area (Å²) in [6, 6.07) is 24.0. The van der Waals surface area contributed by atoms with Gasteiger partial charge in [0.15, 0.2) is 0 Å². The second-order valence-electron chi connectivity index (χ2n) is 7.86. The van der Waals surface area contributed by atoms with Gasteiger partial charge in [-0.3, -0.25) is 24.6 Å². The van der Waals surface area contributed by atoms with E-state index >= 15 is 0 Å². The Bertz CT molecular complexity index is 1360. The molecular formula is C26H20N4O4S. The van der Waals surface area contributed by atoms with E-state index in [4.69, 9.17) is 0 Å². The van der Waals surface area contributed by atoms with Gasteiger partial charge in [0.2, 0.25) is 5.91 Å². The summed E-state index contributed by atoms with van der Waals surface area (Å²) in [5.74, 6) is -0.928. The van der Waals surface area contributed by atoms with Crippen molar-refractivity contribution in [3.63, 3.8) is 0 Å². The lowest BCUT2D eigenvalue weighted by molar-refractivity contribution is -0.384. The number of hydrogen-bond acceptors (Lipinski definition) is 6. The van der Waals surface area contributed by atoms with Crippen molar-refractivity contribution < 1.29 is 14.5 Å². The first kappa shape index (κ1) is 23.7. The average molecular weight is 485 g/mol. The standard InChI is InChI=1S/C26H20N4O4S/c1-17-10-12-20(13-11-17)29-25(32)23(15-18-6-5-9-21(14-18)30(33)34)35-26(29)22(16-27)24(31)28-19-7-3-2-4-8-19/h2-14,23H,15H2,1H3,(H,28,31)/b26-22+/t23-/m1/s1. The first-order valence-electron chi connectivity index (χ1n) is 10.7. The van der Waals surface area contributed by atoms with Crippen LogP contribution in [0.2, 0.25) is 0 Å². The molecule has 1 aliphatic heterocycles. The number of carbonyl (C=O) groups excluding carboxylic acids is 2. The molecule has 174 valence electrons. The minimum atomic E-state index is -0.666. The third-order valence-corrected chi connectivity index (χ3v) is 6.63. The fourth-order valence-electron chi connectivity index (χ4n) is 3.64. The van der Waals surface area contributed by atoms with Crippen LogP contribution in [0.25, 0.3) is 0 Å². The number of nitriles is 1. The van der Waals surface area contributed by atoms with Gasteiger partial charge in [0.05, 0.1) is 10.2 Å². The molecule has 1 atom stereocenters. The normalized spacial score (nSPS) is 16.5. The van der Waals surface area contributed by atoms with Gasteiger partial charge < -0.3 is 5.32 Å². The van der Waals surface area contributed by atoms with Gasteiger partial charge in [-0.05, 0) is 43.2 Å². The van der Waals surface area contributed by atoms with Gasteiger partial charge in [-0.2, -0.15) is 5.26 Å². The predicted molar refractivity (Wildman–Crippen MR) is 135 cm³/mol. The molecule has 0 aromatic heterocycles. The van der Waals surface area contributed by atoms with Crippen LogP contribution in [0.3, 0.4) is 0 Å². The molecule has 1 N–H and O–H groups in total. The maximum absolute atomic E-state index is 13.5. The van der Waals surface area contributed by atoms with Crippen LogP contribution in [0.15, 0.2) is 89.5 Å². The Morgan fingerprint density at radius 1 is 1.11 bits per heavy atom. The van der Waals surface area contributed by atoms with Crippen LogP contribution in [0.4, 0.5) is 17.1 Å². The number of nitrogens with one attached hydrogen (secondary N) is 1. The maximum atomic E-state index is 13.5. The van der Waals surface area contributed by atoms with Crippen molar-refractivity contribution in [3.05, 3.63) is 111 Å². The molecular weight excluding hydrogens is 464 g/mol. The molecule has 3 aromatic rings. The molecule has 3 aromatic carbocycles. The zero-order valence-electron chi connectivity index (χ0n) is 18.7. The molecule has 0 saturated carbocycles. The molecule has 35 heavy (non-hydrogen) atoms. The number of nitro groups is 1. The van der Waals surface area contributed by atoms with Crippen molar-refractivity contribution in [2.75, 3.05) is 10.2 Å². The lowest BCUT2D eigenvalue weighted by Crippen LogP contribution is -2.30. The molecule has 8 nitrogen and oxygen atoms in total. The van der Waals surface area contributed by atoms with Crippen LogP contribution in [0.1, 0.15) is 11.1 Å². The first-order chi connectivity index (χ1) is 16.9. The Kier molecular flexibility index (Phi) is 6.94. The van der Waals surface area contributed by atoms with Crippen LogP contribution in [0, 0.1) is 28.4 Å². The Hall–Kier alpha value is -4.42. The molecule has 0 spiro atoms. The number of hydrogen-bond donors (Lipinski definition) is 1. The number of nitrogens with zero attached hydrogens (tertiary/aromatic N) is 3. The average Bonchev–Trinajstić information content (AvgIpc) is 3.16. The lowest BCUT2D eigenvalue weighted by atomic mass is 10.1. The Labute approximate surface area is 206 Å². The number of non-ortho nitro benzene ring substituents is 1. The number of amides is 2. The van der Waals surface area contributed by atoms with E-state index in [1.54, 1.807) is 48.5 Å². The monoisotopic (exact) mass is 484 g/mol. The van der Waals surface area contributed by atoms with Crippen LogP contribution >= 0.6 is 11.8 Å². The summed E-state index contributed by atoms with van der Waals surface area (Å²) in [4.78, 5) is 38.6. The number of nitro benzene ring substituents is 1. The number of aryl methyl sites for hydroxylation is 1. The fourth-order valence-corrected chi connectivity index (χ4v) is 4.95. The summed E-state index contributed by atoms with van der Waals surface area (Å²) >= 11 is 1.11. The summed E-state index contributed by atoms with van der Waals surface area (Å²) in [5.41, 5.74) is 2.41. The first-order valence-corrected chi connectivity index (χ1v) is 11.6. The van der Waals surface area contributed by atoms with Crippen molar-refractivity contribution in [1.29, 1.82) is 5.26 Å². The second kappa shape index (κ2) is 10.2. The summed E-state index contributed by atoms with van der Waals surface area (Å²) in [5, 5.41) is 23.3. The van der Waals surface area contributed by atoms with Crippen molar-refractivity contribution in [3.8, 4) is 6.07 Å². The quantitative estimate of drug-likeness (QED) is 0.229. The molecule has 0 bridgehead atoms. The van der Waals surface area contributed by atoms with E-state index in [9.17, 15) is 25.0 Å². The van der Waals surface area contributed by atoms with Gasteiger partial charge in [0.1, 0.15) is 16.7 Å². The highest BCUT2D eigenvalue weighted by Gasteiger charge is 2.41. The highest BCUT2D eigenvalue weighted by atomic mass is 32.2. The zero-order chi connectivity index (χ0) is 24.9. The van der Waals surface area contributed by atoms with Crippen LogP contribution in [-0.2, 0) is 16.0 Å². The Morgan fingerprint density at radius 2 is 1.83 bits per heavy atom. The van der Waals surface area contributed by atoms with E-state index < -0.39 is 16.1 Å². The van der Waals surface area contributed by atoms with Gasteiger partial charge in [-0.15, -0.1) is 0 Å². The van der Waals surface area contributed by atoms with Crippen LogP contribution in [-0.4, -0.2) is 22.0 Å². The Balaban J connectivity index is 1.72. The largest absolute Gasteiger partial charge is 0.321 e. The minimum Gasteiger partial charge on any atom is -0.321 e. The van der Waals surface area contributed by atoms with E-state index in [-0.39, 0.29) is 28.6 Å². The molecule has 0 aliphatic carbocycles. The third-order valence-electron chi connectivity index (χ3n) is 5.37. The summed E-state index contributed by atoms with van der Waals surface area (Å²) in [6.45, 7) is 1.92. The molecule has 4 rings (SSSR count). The number of para-hydroxylation sites is 1. The van der Waals surface area contributed by atoms with E-state index in [0.29, 0.717) is 16.9 Å². The van der Waals surface area contributed by atoms with Crippen molar-refractivity contribution in [2.24, 2.45) is 0 Å². The van der Waals surface area contributed by atoms with E-state index in [1.807, 2.05) is 31.2 Å². The fraction of sp³-hybridized carbons (Fsp3) is 0.115. The zero-order valence-corrected chi connectivity index (χ0v) is 19.5. The SMILES string of the molecule is Cc1ccc(N2C(=O)[C@@H](Cc3cccc([N+](=O)[O-])c3)S/C2=C(\C#N)C(=O)Nc2ccccc2)cc1. The number of benzene rings is 3. The van der Waals surface area contributed by atoms with Gasteiger partial charge in [0, 0.05) is 23.5 Å². The summed E-state index contributed by atoms with van der Waals surface area (Å²) in [6.07, 6.45) is 0.204.